The Morgan fingerprint density at radius 2 is 1.06 bits per heavy atom. The summed E-state index contributed by atoms with van der Waals surface area (Å²) in [6.45, 7) is 0. The first kappa shape index (κ1) is 30.2. The van der Waals surface area contributed by atoms with Crippen LogP contribution in [0.3, 0.4) is 0 Å². The van der Waals surface area contributed by atoms with Gasteiger partial charge in [-0.2, -0.15) is 26.3 Å². The molecule has 1 saturated carbocycles. The SMILES string of the molecule is O=C(Nc1cc(NC(=O)C(F)(F)F)cc(C2(C(O)Cl)CCCCCCCCCCCC2)c1)C(F)(F)F. The number of carbonyl (C=O) groups excluding carboxylic acids is 2. The monoisotopic (exact) mass is 544 g/mol. The maximum Gasteiger partial charge on any atom is 0.471 e. The van der Waals surface area contributed by atoms with Crippen LogP contribution in [-0.4, -0.2) is 34.8 Å². The first-order valence-electron chi connectivity index (χ1n) is 12.0. The smallest absolute Gasteiger partial charge is 0.377 e. The summed E-state index contributed by atoms with van der Waals surface area (Å²) in [6, 6.07) is 3.12. The predicted octanol–water partition coefficient (Wildman–Crippen LogP) is 7.18. The Labute approximate surface area is 211 Å². The van der Waals surface area contributed by atoms with Gasteiger partial charge in [0.15, 0.2) is 0 Å². The maximum absolute atomic E-state index is 12.9. The summed E-state index contributed by atoms with van der Waals surface area (Å²) >= 11 is 6.26. The van der Waals surface area contributed by atoms with Crippen LogP contribution in [0.2, 0.25) is 0 Å². The Bertz CT molecular complexity index is 829. The lowest BCUT2D eigenvalue weighted by Gasteiger charge is -2.37. The molecule has 0 aliphatic heterocycles. The van der Waals surface area contributed by atoms with Crippen LogP contribution in [0.4, 0.5) is 37.7 Å². The van der Waals surface area contributed by atoms with Crippen molar-refractivity contribution in [2.75, 3.05) is 10.6 Å². The van der Waals surface area contributed by atoms with Crippen molar-refractivity contribution in [3.05, 3.63) is 23.8 Å². The van der Waals surface area contributed by atoms with Gasteiger partial charge in [-0.15, -0.1) is 0 Å². The number of aliphatic hydroxyl groups excluding tert-OH is 1. The van der Waals surface area contributed by atoms with Crippen molar-refractivity contribution in [1.29, 1.82) is 0 Å². The summed E-state index contributed by atoms with van der Waals surface area (Å²) in [6.07, 6.45) is -0.776. The zero-order valence-corrected chi connectivity index (χ0v) is 20.5. The summed E-state index contributed by atoms with van der Waals surface area (Å²) in [7, 11) is 0. The molecule has 1 atom stereocenters. The molecule has 1 unspecified atom stereocenters. The van der Waals surface area contributed by atoms with Gasteiger partial charge in [-0.3, -0.25) is 9.59 Å². The van der Waals surface area contributed by atoms with Crippen LogP contribution in [-0.2, 0) is 15.0 Å². The van der Waals surface area contributed by atoms with Gasteiger partial charge in [-0.1, -0.05) is 75.8 Å². The number of benzene rings is 1. The number of hydrogen-bond acceptors (Lipinski definition) is 3. The van der Waals surface area contributed by atoms with Crippen LogP contribution in [0.25, 0.3) is 0 Å². The fourth-order valence-electron chi connectivity index (χ4n) is 4.55. The maximum atomic E-state index is 12.9. The molecule has 5 nitrogen and oxygen atoms in total. The average Bonchev–Trinajstić information content (AvgIpc) is 2.78. The molecule has 0 aromatic heterocycles. The number of aliphatic hydroxyl groups is 1. The minimum Gasteiger partial charge on any atom is -0.377 e. The van der Waals surface area contributed by atoms with Crippen LogP contribution in [0, 0.1) is 0 Å². The largest absolute Gasteiger partial charge is 0.471 e. The number of anilines is 2. The van der Waals surface area contributed by atoms with Gasteiger partial charge < -0.3 is 15.7 Å². The lowest BCUT2D eigenvalue weighted by Crippen LogP contribution is -2.37. The van der Waals surface area contributed by atoms with E-state index in [4.69, 9.17) is 11.6 Å². The van der Waals surface area contributed by atoms with Crippen molar-refractivity contribution in [2.24, 2.45) is 0 Å². The molecule has 204 valence electrons. The van der Waals surface area contributed by atoms with Crippen molar-refractivity contribution >= 4 is 34.8 Å². The van der Waals surface area contributed by atoms with Gasteiger partial charge in [0.05, 0.1) is 0 Å². The van der Waals surface area contributed by atoms with E-state index in [1.807, 2.05) is 0 Å². The minimum atomic E-state index is -5.25. The van der Waals surface area contributed by atoms with Crippen LogP contribution in [0.1, 0.15) is 82.6 Å². The quantitative estimate of drug-likeness (QED) is 0.277. The third-order valence-corrected chi connectivity index (χ3v) is 6.91. The molecule has 1 fully saturated rings. The van der Waals surface area contributed by atoms with Gasteiger partial charge in [0.1, 0.15) is 5.56 Å². The van der Waals surface area contributed by atoms with E-state index in [1.54, 1.807) is 10.6 Å². The number of amides is 2. The van der Waals surface area contributed by atoms with Crippen molar-refractivity contribution in [3.8, 4) is 0 Å². The van der Waals surface area contributed by atoms with E-state index in [9.17, 15) is 41.0 Å². The fraction of sp³-hybridized carbons (Fsp3) is 0.667. The lowest BCUT2D eigenvalue weighted by atomic mass is 9.72. The second-order valence-electron chi connectivity index (χ2n) is 9.23. The number of halogens is 7. The highest BCUT2D eigenvalue weighted by Crippen LogP contribution is 2.43. The predicted molar refractivity (Wildman–Crippen MR) is 125 cm³/mol. The molecule has 12 heteroatoms. The molecule has 1 aliphatic carbocycles. The topological polar surface area (TPSA) is 78.4 Å². The van der Waals surface area contributed by atoms with E-state index >= 15 is 0 Å². The first-order valence-corrected chi connectivity index (χ1v) is 12.4. The molecule has 0 heterocycles. The highest BCUT2D eigenvalue weighted by Gasteiger charge is 2.42. The molecule has 2 amide bonds. The molecule has 0 spiro atoms. The van der Waals surface area contributed by atoms with E-state index in [0.29, 0.717) is 25.7 Å². The molecular formula is C24H31ClF6N2O3. The van der Waals surface area contributed by atoms with E-state index in [2.05, 4.69) is 0 Å². The minimum absolute atomic E-state index is 0.136. The van der Waals surface area contributed by atoms with Gasteiger partial charge in [0.25, 0.3) is 0 Å². The molecule has 36 heavy (non-hydrogen) atoms. The molecule has 3 N–H and O–H groups in total. The molecule has 0 bridgehead atoms. The molecular weight excluding hydrogens is 514 g/mol. The van der Waals surface area contributed by atoms with Crippen LogP contribution in [0.5, 0.6) is 0 Å². The van der Waals surface area contributed by atoms with E-state index < -0.39 is 46.5 Å². The number of alkyl halides is 7. The Morgan fingerprint density at radius 3 is 1.36 bits per heavy atom. The Kier molecular flexibility index (Phi) is 10.9. The summed E-state index contributed by atoms with van der Waals surface area (Å²) in [4.78, 5) is 23.1. The molecule has 0 saturated heterocycles. The summed E-state index contributed by atoms with van der Waals surface area (Å²) < 4.78 is 77.1. The molecule has 1 aromatic rings. The second kappa shape index (κ2) is 13.0. The summed E-state index contributed by atoms with van der Waals surface area (Å²) in [5.74, 6) is -4.66. The Morgan fingerprint density at radius 1 is 0.722 bits per heavy atom. The van der Waals surface area contributed by atoms with Gasteiger partial charge in [-0.05, 0) is 36.6 Å². The van der Waals surface area contributed by atoms with Gasteiger partial charge in [0, 0.05) is 16.8 Å². The van der Waals surface area contributed by atoms with Crippen molar-refractivity contribution in [1.82, 2.24) is 0 Å². The van der Waals surface area contributed by atoms with Crippen molar-refractivity contribution < 1.29 is 41.0 Å². The number of rotatable bonds is 4. The zero-order valence-electron chi connectivity index (χ0n) is 19.7. The Hall–Kier alpha value is -2.01. The summed E-state index contributed by atoms with van der Waals surface area (Å²) in [5.41, 5.74) is -3.55. The number of carbonyl (C=O) groups is 2. The van der Waals surface area contributed by atoms with Gasteiger partial charge in [0.2, 0.25) is 0 Å². The summed E-state index contributed by atoms with van der Waals surface area (Å²) in [5, 5.41) is 13.9. The van der Waals surface area contributed by atoms with Crippen LogP contribution >= 0.6 is 11.6 Å². The van der Waals surface area contributed by atoms with Crippen LogP contribution < -0.4 is 10.6 Å². The Balaban J connectivity index is 2.53. The number of hydrogen-bond donors (Lipinski definition) is 3. The van der Waals surface area contributed by atoms with E-state index in [1.165, 1.54) is 0 Å². The number of nitrogens with one attached hydrogen (secondary N) is 2. The highest BCUT2D eigenvalue weighted by molar-refractivity contribution is 6.20. The molecule has 0 radical (unpaired) electrons. The third kappa shape index (κ3) is 8.83. The molecule has 1 aromatic carbocycles. The molecule has 1 aliphatic rings. The highest BCUT2D eigenvalue weighted by atomic mass is 35.5. The van der Waals surface area contributed by atoms with Gasteiger partial charge >= 0.3 is 24.2 Å². The van der Waals surface area contributed by atoms with Gasteiger partial charge in [-0.25, -0.2) is 0 Å². The van der Waals surface area contributed by atoms with E-state index in [-0.39, 0.29) is 5.56 Å². The van der Waals surface area contributed by atoms with Crippen molar-refractivity contribution in [2.45, 2.75) is 100 Å². The second-order valence-corrected chi connectivity index (χ2v) is 9.64. The zero-order chi connectivity index (χ0) is 27.0. The van der Waals surface area contributed by atoms with Crippen molar-refractivity contribution in [3.63, 3.8) is 0 Å². The van der Waals surface area contributed by atoms with Crippen LogP contribution in [0.15, 0.2) is 18.2 Å². The first-order chi connectivity index (χ1) is 16.8. The average molecular weight is 545 g/mol. The lowest BCUT2D eigenvalue weighted by molar-refractivity contribution is -0.167. The standard InChI is InChI=1S/C24H31ClF6N2O3/c25-19(34)22(11-9-7-5-3-1-2-4-6-8-10-12-22)16-13-17(32-20(35)23(26,27)28)15-18(14-16)33-21(36)24(29,30)31/h13-15,19,34H,1-12H2,(H,32,35)(H,33,36). The normalized spacial score (nSPS) is 19.2. The third-order valence-electron chi connectivity index (χ3n) is 6.49. The van der Waals surface area contributed by atoms with E-state index in [0.717, 1.165) is 69.6 Å². The molecule has 2 rings (SSSR count). The fourth-order valence-corrected chi connectivity index (χ4v) is 4.89.